The number of benzene rings is 2. The Kier molecular flexibility index (Phi) is 5.19. The van der Waals surface area contributed by atoms with Gasteiger partial charge in [-0.3, -0.25) is 9.69 Å². The molecule has 0 aliphatic carbocycles. The molecule has 1 heterocycles. The Morgan fingerprint density at radius 1 is 1.09 bits per heavy atom. The zero-order valence-corrected chi connectivity index (χ0v) is 14.7. The number of rotatable bonds is 4. The van der Waals surface area contributed by atoms with Crippen LogP contribution >= 0.6 is 11.8 Å². The first-order chi connectivity index (χ1) is 11.1. The topological polar surface area (TPSA) is 20.3 Å². The van der Waals surface area contributed by atoms with Crippen molar-refractivity contribution in [2.45, 2.75) is 20.4 Å². The van der Waals surface area contributed by atoms with Crippen LogP contribution in [0.5, 0.6) is 0 Å². The average molecular weight is 325 g/mol. The molecule has 0 unspecified atom stereocenters. The van der Waals surface area contributed by atoms with E-state index in [0.717, 1.165) is 41.9 Å². The first-order valence-corrected chi connectivity index (χ1v) is 9.30. The number of nitrogens with zero attached hydrogens (tertiary/aromatic N) is 1. The Labute approximate surface area is 142 Å². The monoisotopic (exact) mass is 325 g/mol. The predicted octanol–water partition coefficient (Wildman–Crippen LogP) is 4.08. The molecule has 1 aliphatic rings. The molecule has 0 aromatic heterocycles. The highest BCUT2D eigenvalue weighted by Gasteiger charge is 2.14. The zero-order chi connectivity index (χ0) is 16.2. The summed E-state index contributed by atoms with van der Waals surface area (Å²) < 4.78 is 0. The van der Waals surface area contributed by atoms with Crippen molar-refractivity contribution in [3.8, 4) is 0 Å². The fourth-order valence-corrected chi connectivity index (χ4v) is 3.94. The third-order valence-corrected chi connectivity index (χ3v) is 5.28. The molecule has 0 atom stereocenters. The van der Waals surface area contributed by atoms with Gasteiger partial charge in [0.25, 0.3) is 0 Å². The van der Waals surface area contributed by atoms with E-state index in [-0.39, 0.29) is 5.78 Å². The first kappa shape index (κ1) is 16.3. The Hall–Kier alpha value is -1.58. The second kappa shape index (κ2) is 7.33. The maximum atomic E-state index is 12.8. The molecule has 0 saturated carbocycles. The smallest absolute Gasteiger partial charge is 0.193 e. The predicted molar refractivity (Wildman–Crippen MR) is 98.4 cm³/mol. The van der Waals surface area contributed by atoms with E-state index < -0.39 is 0 Å². The number of ketones is 1. The number of carbonyl (C=O) groups is 1. The molecule has 2 aromatic rings. The van der Waals surface area contributed by atoms with Crippen LogP contribution in [0, 0.1) is 13.8 Å². The number of thioether (sulfide) groups is 1. The Morgan fingerprint density at radius 3 is 2.65 bits per heavy atom. The summed E-state index contributed by atoms with van der Waals surface area (Å²) in [5.74, 6) is 2.55. The van der Waals surface area contributed by atoms with E-state index in [1.165, 1.54) is 17.1 Å². The molecule has 1 aliphatic heterocycles. The molecular formula is C20H23NOS. The van der Waals surface area contributed by atoms with Crippen molar-refractivity contribution in [1.29, 1.82) is 0 Å². The summed E-state index contributed by atoms with van der Waals surface area (Å²) in [6.45, 7) is 7.25. The molecule has 23 heavy (non-hydrogen) atoms. The molecule has 3 heteroatoms. The molecule has 3 rings (SSSR count). The minimum atomic E-state index is 0.127. The van der Waals surface area contributed by atoms with Gasteiger partial charge in [0.2, 0.25) is 0 Å². The van der Waals surface area contributed by atoms with Gasteiger partial charge in [0, 0.05) is 42.3 Å². The summed E-state index contributed by atoms with van der Waals surface area (Å²) in [6, 6.07) is 14.2. The van der Waals surface area contributed by atoms with Crippen molar-refractivity contribution in [1.82, 2.24) is 4.90 Å². The first-order valence-electron chi connectivity index (χ1n) is 8.14. The van der Waals surface area contributed by atoms with Gasteiger partial charge in [-0.1, -0.05) is 35.9 Å². The standard InChI is InChI=1S/C20H23NOS/c1-15-6-7-16(2)19(12-15)20(22)18-5-3-4-17(13-18)14-21-8-10-23-11-9-21/h3-7,12-13H,8-11,14H2,1-2H3. The van der Waals surface area contributed by atoms with Crippen molar-refractivity contribution < 1.29 is 4.79 Å². The van der Waals surface area contributed by atoms with Gasteiger partial charge in [-0.05, 0) is 37.1 Å². The molecule has 1 saturated heterocycles. The molecule has 0 radical (unpaired) electrons. The average Bonchev–Trinajstić information content (AvgIpc) is 2.57. The zero-order valence-electron chi connectivity index (χ0n) is 13.8. The number of aryl methyl sites for hydroxylation is 2. The van der Waals surface area contributed by atoms with Crippen LogP contribution in [0.3, 0.4) is 0 Å². The quantitative estimate of drug-likeness (QED) is 0.790. The normalized spacial score (nSPS) is 15.6. The fraction of sp³-hybridized carbons (Fsp3) is 0.350. The second-order valence-corrected chi connectivity index (χ2v) is 7.46. The highest BCUT2D eigenvalue weighted by atomic mass is 32.2. The maximum absolute atomic E-state index is 12.8. The van der Waals surface area contributed by atoms with E-state index >= 15 is 0 Å². The number of hydrogen-bond donors (Lipinski definition) is 0. The minimum Gasteiger partial charge on any atom is -0.297 e. The summed E-state index contributed by atoms with van der Waals surface area (Å²) in [7, 11) is 0. The Bertz CT molecular complexity index is 705. The van der Waals surface area contributed by atoms with Crippen LogP contribution in [0.1, 0.15) is 32.6 Å². The maximum Gasteiger partial charge on any atom is 0.193 e. The third kappa shape index (κ3) is 4.04. The molecule has 2 nitrogen and oxygen atoms in total. The van der Waals surface area contributed by atoms with E-state index in [9.17, 15) is 4.79 Å². The van der Waals surface area contributed by atoms with E-state index in [0.29, 0.717) is 0 Å². The second-order valence-electron chi connectivity index (χ2n) is 6.24. The van der Waals surface area contributed by atoms with Crippen molar-refractivity contribution >= 4 is 17.5 Å². The summed E-state index contributed by atoms with van der Waals surface area (Å²) in [5, 5.41) is 0. The lowest BCUT2D eigenvalue weighted by Gasteiger charge is -2.26. The van der Waals surface area contributed by atoms with Gasteiger partial charge in [-0.15, -0.1) is 0 Å². The van der Waals surface area contributed by atoms with Crippen LogP contribution in [-0.2, 0) is 6.54 Å². The summed E-state index contributed by atoms with van der Waals surface area (Å²) in [6.07, 6.45) is 0. The van der Waals surface area contributed by atoms with Crippen LogP contribution in [0.25, 0.3) is 0 Å². The third-order valence-electron chi connectivity index (χ3n) is 4.34. The molecule has 0 N–H and O–H groups in total. The molecule has 120 valence electrons. The highest BCUT2D eigenvalue weighted by Crippen LogP contribution is 2.18. The fourth-order valence-electron chi connectivity index (χ4n) is 2.96. The SMILES string of the molecule is Cc1ccc(C)c(C(=O)c2cccc(CN3CCSCC3)c2)c1. The minimum absolute atomic E-state index is 0.127. The molecule has 0 amide bonds. The molecular weight excluding hydrogens is 302 g/mol. The van der Waals surface area contributed by atoms with Crippen LogP contribution in [0.15, 0.2) is 42.5 Å². The Balaban J connectivity index is 1.81. The Morgan fingerprint density at radius 2 is 1.87 bits per heavy atom. The van der Waals surface area contributed by atoms with E-state index in [2.05, 4.69) is 23.1 Å². The van der Waals surface area contributed by atoms with Crippen LogP contribution in [0.2, 0.25) is 0 Å². The van der Waals surface area contributed by atoms with Gasteiger partial charge in [-0.25, -0.2) is 0 Å². The van der Waals surface area contributed by atoms with Gasteiger partial charge < -0.3 is 0 Å². The van der Waals surface area contributed by atoms with E-state index in [1.807, 2.05) is 49.9 Å². The number of carbonyl (C=O) groups excluding carboxylic acids is 1. The highest BCUT2D eigenvalue weighted by molar-refractivity contribution is 7.99. The summed E-state index contributed by atoms with van der Waals surface area (Å²) in [5.41, 5.74) is 5.01. The van der Waals surface area contributed by atoms with E-state index in [1.54, 1.807) is 0 Å². The van der Waals surface area contributed by atoms with Gasteiger partial charge in [0.15, 0.2) is 5.78 Å². The van der Waals surface area contributed by atoms with Gasteiger partial charge in [-0.2, -0.15) is 11.8 Å². The lowest BCUT2D eigenvalue weighted by molar-refractivity contribution is 0.103. The van der Waals surface area contributed by atoms with Crippen molar-refractivity contribution in [3.05, 3.63) is 70.3 Å². The van der Waals surface area contributed by atoms with Crippen LogP contribution < -0.4 is 0 Å². The lowest BCUT2D eigenvalue weighted by Crippen LogP contribution is -2.32. The van der Waals surface area contributed by atoms with Gasteiger partial charge in [0.05, 0.1) is 0 Å². The summed E-state index contributed by atoms with van der Waals surface area (Å²) >= 11 is 2.02. The largest absolute Gasteiger partial charge is 0.297 e. The molecule has 0 bridgehead atoms. The van der Waals surface area contributed by atoms with Crippen molar-refractivity contribution in [2.24, 2.45) is 0 Å². The number of hydrogen-bond acceptors (Lipinski definition) is 3. The lowest BCUT2D eigenvalue weighted by atomic mass is 9.96. The van der Waals surface area contributed by atoms with Crippen molar-refractivity contribution in [3.63, 3.8) is 0 Å². The van der Waals surface area contributed by atoms with E-state index in [4.69, 9.17) is 0 Å². The van der Waals surface area contributed by atoms with Crippen LogP contribution in [0.4, 0.5) is 0 Å². The van der Waals surface area contributed by atoms with Crippen LogP contribution in [-0.4, -0.2) is 35.3 Å². The van der Waals surface area contributed by atoms with Crippen molar-refractivity contribution in [2.75, 3.05) is 24.6 Å². The van der Waals surface area contributed by atoms with Gasteiger partial charge in [0.1, 0.15) is 0 Å². The molecule has 0 spiro atoms. The molecule has 2 aromatic carbocycles. The van der Waals surface area contributed by atoms with Gasteiger partial charge >= 0.3 is 0 Å². The summed E-state index contributed by atoms with van der Waals surface area (Å²) in [4.78, 5) is 15.3. The molecule has 1 fully saturated rings.